The molecule has 2 aromatic carbocycles. The molecule has 0 fully saturated rings. The third-order valence-corrected chi connectivity index (χ3v) is 5.03. The second kappa shape index (κ2) is 5.39. The van der Waals surface area contributed by atoms with E-state index in [1.807, 2.05) is 23.0 Å². The van der Waals surface area contributed by atoms with Crippen molar-refractivity contribution in [3.8, 4) is 0 Å². The van der Waals surface area contributed by atoms with Crippen molar-refractivity contribution in [3.63, 3.8) is 0 Å². The maximum Gasteiger partial charge on any atom is 0.169 e. The lowest BCUT2D eigenvalue weighted by Crippen LogP contribution is -2.25. The van der Waals surface area contributed by atoms with Crippen LogP contribution in [0.25, 0.3) is 32.3 Å². The maximum absolute atomic E-state index is 2.29. The minimum atomic E-state index is 1.22. The van der Waals surface area contributed by atoms with E-state index in [2.05, 4.69) is 79.1 Å². The standard InChI is InChI=1S/C20H16NS/c1-21-12-10-15(11-13-21)6-7-16-8-9-20-18(14-16)17-4-2-3-5-19(17)22-20/h2-14H,1H3/q+1/b7-6+. The molecule has 2 heterocycles. The molecule has 0 amide bonds. The smallest absolute Gasteiger partial charge is 0.169 e. The van der Waals surface area contributed by atoms with Gasteiger partial charge in [-0.1, -0.05) is 36.4 Å². The maximum atomic E-state index is 2.29. The molecule has 0 aliphatic rings. The molecule has 0 unspecified atom stereocenters. The predicted octanol–water partition coefficient (Wildman–Crippen LogP) is 5.05. The summed E-state index contributed by atoms with van der Waals surface area (Å²) in [5.41, 5.74) is 2.46. The monoisotopic (exact) mass is 302 g/mol. The lowest BCUT2D eigenvalue weighted by molar-refractivity contribution is -0.671. The zero-order chi connectivity index (χ0) is 14.9. The molecule has 0 aliphatic carbocycles. The van der Waals surface area contributed by atoms with Crippen LogP contribution < -0.4 is 4.57 Å². The van der Waals surface area contributed by atoms with Crippen LogP contribution in [0.2, 0.25) is 0 Å². The fourth-order valence-electron chi connectivity index (χ4n) is 2.66. The molecule has 106 valence electrons. The van der Waals surface area contributed by atoms with Crippen molar-refractivity contribution in [1.29, 1.82) is 0 Å². The predicted molar refractivity (Wildman–Crippen MR) is 95.9 cm³/mol. The molecular weight excluding hydrogens is 286 g/mol. The van der Waals surface area contributed by atoms with Crippen molar-refractivity contribution >= 4 is 43.7 Å². The van der Waals surface area contributed by atoms with Gasteiger partial charge in [0.05, 0.1) is 0 Å². The Balaban J connectivity index is 1.75. The quantitative estimate of drug-likeness (QED) is 0.456. The third-order valence-electron chi connectivity index (χ3n) is 3.87. The van der Waals surface area contributed by atoms with E-state index in [1.54, 1.807) is 0 Å². The Bertz CT molecular complexity index is 978. The molecule has 2 heteroatoms. The summed E-state index contributed by atoms with van der Waals surface area (Å²) in [7, 11) is 2.03. The average Bonchev–Trinajstić information content (AvgIpc) is 2.92. The molecule has 0 atom stereocenters. The van der Waals surface area contributed by atoms with Gasteiger partial charge in [-0.25, -0.2) is 4.57 Å². The fourth-order valence-corrected chi connectivity index (χ4v) is 3.75. The van der Waals surface area contributed by atoms with Gasteiger partial charge in [-0.2, -0.15) is 0 Å². The molecule has 22 heavy (non-hydrogen) atoms. The normalized spacial score (nSPS) is 11.7. The molecule has 0 bridgehead atoms. The van der Waals surface area contributed by atoms with Crippen molar-refractivity contribution in [2.75, 3.05) is 0 Å². The molecule has 4 aromatic rings. The van der Waals surface area contributed by atoms with E-state index >= 15 is 0 Å². The van der Waals surface area contributed by atoms with Crippen LogP contribution in [-0.4, -0.2) is 0 Å². The van der Waals surface area contributed by atoms with Gasteiger partial charge in [0.2, 0.25) is 0 Å². The van der Waals surface area contributed by atoms with Gasteiger partial charge in [0.1, 0.15) is 7.05 Å². The summed E-state index contributed by atoms with van der Waals surface area (Å²) in [6.45, 7) is 0. The summed E-state index contributed by atoms with van der Waals surface area (Å²) >= 11 is 1.86. The molecular formula is C20H16NS+. The summed E-state index contributed by atoms with van der Waals surface area (Å²) < 4.78 is 4.75. The summed E-state index contributed by atoms with van der Waals surface area (Å²) in [6, 6.07) is 19.6. The second-order valence-corrected chi connectivity index (χ2v) is 6.57. The Labute approximate surface area is 133 Å². The highest BCUT2D eigenvalue weighted by atomic mass is 32.1. The molecule has 1 nitrogen and oxygen atoms in total. The molecule has 2 aromatic heterocycles. The van der Waals surface area contributed by atoms with E-state index in [9.17, 15) is 0 Å². The number of pyridine rings is 1. The first-order valence-corrected chi connectivity index (χ1v) is 8.16. The molecule has 0 spiro atoms. The number of aromatic nitrogens is 1. The van der Waals surface area contributed by atoms with E-state index in [0.717, 1.165) is 0 Å². The Morgan fingerprint density at radius 3 is 2.36 bits per heavy atom. The number of hydrogen-bond donors (Lipinski definition) is 0. The lowest BCUT2D eigenvalue weighted by atomic mass is 10.1. The third kappa shape index (κ3) is 2.42. The van der Waals surface area contributed by atoms with Crippen molar-refractivity contribution in [1.82, 2.24) is 0 Å². The van der Waals surface area contributed by atoms with E-state index in [4.69, 9.17) is 0 Å². The van der Waals surface area contributed by atoms with Gasteiger partial charge in [-0.15, -0.1) is 11.3 Å². The van der Waals surface area contributed by atoms with Gasteiger partial charge in [0.15, 0.2) is 12.4 Å². The van der Waals surface area contributed by atoms with Crippen molar-refractivity contribution in [2.45, 2.75) is 0 Å². The molecule has 0 aliphatic heterocycles. The summed E-state index contributed by atoms with van der Waals surface area (Å²) in [5.74, 6) is 0. The molecule has 0 saturated carbocycles. The van der Waals surface area contributed by atoms with Gasteiger partial charge in [-0.3, -0.25) is 0 Å². The highest BCUT2D eigenvalue weighted by Crippen LogP contribution is 2.34. The first kappa shape index (κ1) is 13.2. The Morgan fingerprint density at radius 1 is 0.773 bits per heavy atom. The molecule has 0 saturated heterocycles. The summed E-state index contributed by atoms with van der Waals surface area (Å²) in [6.07, 6.45) is 8.47. The van der Waals surface area contributed by atoms with Crippen LogP contribution in [-0.2, 0) is 7.05 Å². The second-order valence-electron chi connectivity index (χ2n) is 5.48. The van der Waals surface area contributed by atoms with Crippen molar-refractivity contribution in [2.24, 2.45) is 7.05 Å². The Kier molecular flexibility index (Phi) is 3.24. The van der Waals surface area contributed by atoms with Crippen molar-refractivity contribution in [3.05, 3.63) is 78.1 Å². The summed E-state index contributed by atoms with van der Waals surface area (Å²) in [4.78, 5) is 0. The number of thiophene rings is 1. The highest BCUT2D eigenvalue weighted by molar-refractivity contribution is 7.25. The van der Waals surface area contributed by atoms with Crippen LogP contribution in [0.4, 0.5) is 0 Å². The van der Waals surface area contributed by atoms with Crippen LogP contribution >= 0.6 is 11.3 Å². The van der Waals surface area contributed by atoms with E-state index in [-0.39, 0.29) is 0 Å². The number of fused-ring (bicyclic) bond motifs is 3. The van der Waals surface area contributed by atoms with Crippen LogP contribution in [0.1, 0.15) is 11.1 Å². The zero-order valence-electron chi connectivity index (χ0n) is 12.4. The topological polar surface area (TPSA) is 3.88 Å². The SMILES string of the molecule is C[n+]1ccc(/C=C/c2ccc3sc4ccccc4c3c2)cc1. The number of aryl methyl sites for hydroxylation is 1. The largest absolute Gasteiger partial charge is 0.208 e. The van der Waals surface area contributed by atoms with Crippen LogP contribution in [0.15, 0.2) is 67.0 Å². The lowest BCUT2D eigenvalue weighted by Gasteiger charge is -1.96. The number of hydrogen-bond acceptors (Lipinski definition) is 1. The van der Waals surface area contributed by atoms with Gasteiger partial charge in [0, 0.05) is 32.3 Å². The van der Waals surface area contributed by atoms with E-state index in [0.29, 0.717) is 0 Å². The Hall–Kier alpha value is -2.45. The highest BCUT2D eigenvalue weighted by Gasteiger charge is 2.04. The van der Waals surface area contributed by atoms with Crippen LogP contribution in [0, 0.1) is 0 Å². The van der Waals surface area contributed by atoms with Gasteiger partial charge in [0.25, 0.3) is 0 Å². The van der Waals surface area contributed by atoms with E-state index in [1.165, 1.54) is 31.3 Å². The average molecular weight is 302 g/mol. The fraction of sp³-hybridized carbons (Fsp3) is 0.0500. The van der Waals surface area contributed by atoms with Crippen LogP contribution in [0.3, 0.4) is 0 Å². The molecule has 0 N–H and O–H groups in total. The van der Waals surface area contributed by atoms with Gasteiger partial charge < -0.3 is 0 Å². The molecule has 0 radical (unpaired) electrons. The van der Waals surface area contributed by atoms with E-state index < -0.39 is 0 Å². The summed E-state index contributed by atoms with van der Waals surface area (Å²) in [5, 5.41) is 2.70. The van der Waals surface area contributed by atoms with Gasteiger partial charge in [-0.05, 0) is 29.3 Å². The number of nitrogens with zero attached hydrogens (tertiary/aromatic N) is 1. The van der Waals surface area contributed by atoms with Crippen molar-refractivity contribution < 1.29 is 4.57 Å². The number of benzene rings is 2. The zero-order valence-corrected chi connectivity index (χ0v) is 13.2. The number of rotatable bonds is 2. The first-order chi connectivity index (χ1) is 10.8. The minimum Gasteiger partial charge on any atom is -0.208 e. The first-order valence-electron chi connectivity index (χ1n) is 7.34. The minimum absolute atomic E-state index is 1.22. The Morgan fingerprint density at radius 2 is 1.50 bits per heavy atom. The van der Waals surface area contributed by atoms with Gasteiger partial charge >= 0.3 is 0 Å². The van der Waals surface area contributed by atoms with Crippen LogP contribution in [0.5, 0.6) is 0 Å². The molecule has 4 rings (SSSR count).